The molecule has 0 radical (unpaired) electrons. The molecule has 3 aromatic rings. The molecule has 0 aliphatic carbocycles. The molecule has 2 aromatic carbocycles. The highest BCUT2D eigenvalue weighted by Crippen LogP contribution is 2.26. The average molecular weight is 457 g/mol. The van der Waals surface area contributed by atoms with Gasteiger partial charge in [0.15, 0.2) is 0 Å². The Balaban J connectivity index is 0.000000438. The lowest BCUT2D eigenvalue weighted by molar-refractivity contribution is -0.159. The van der Waals surface area contributed by atoms with E-state index >= 15 is 0 Å². The molecular formula is C19H16Cl3N3O4. The second-order valence-electron chi connectivity index (χ2n) is 5.75. The van der Waals surface area contributed by atoms with Gasteiger partial charge in [-0.1, -0.05) is 53.0 Å². The van der Waals surface area contributed by atoms with Crippen LogP contribution in [-0.4, -0.2) is 31.7 Å². The van der Waals surface area contributed by atoms with E-state index < -0.39 is 11.9 Å². The number of halogens is 3. The van der Waals surface area contributed by atoms with Gasteiger partial charge in [-0.15, -0.1) is 0 Å². The van der Waals surface area contributed by atoms with Crippen molar-refractivity contribution in [2.24, 2.45) is 7.05 Å². The summed E-state index contributed by atoms with van der Waals surface area (Å²) in [5.41, 5.74) is 3.05. The van der Waals surface area contributed by atoms with Crippen molar-refractivity contribution in [3.8, 4) is 11.3 Å². The zero-order valence-electron chi connectivity index (χ0n) is 15.1. The number of carboxylic acids is 2. The van der Waals surface area contributed by atoms with Gasteiger partial charge in [-0.25, -0.2) is 14.6 Å². The Morgan fingerprint density at radius 1 is 1.03 bits per heavy atom. The highest BCUT2D eigenvalue weighted by molar-refractivity contribution is 6.42. The molecule has 0 spiro atoms. The van der Waals surface area contributed by atoms with E-state index in [1.165, 1.54) is 0 Å². The molecule has 0 bridgehead atoms. The summed E-state index contributed by atoms with van der Waals surface area (Å²) in [5.74, 6) is -2.88. The minimum Gasteiger partial charge on any atom is -0.473 e. The SMILES string of the molecule is Cn1c(-c2cccc(Cl)c2)cnc1NCc1ccc(Cl)c(Cl)c1.O=C(O)C(=O)O. The molecule has 0 atom stereocenters. The number of aliphatic carboxylic acids is 2. The lowest BCUT2D eigenvalue weighted by Gasteiger charge is -2.09. The highest BCUT2D eigenvalue weighted by atomic mass is 35.5. The van der Waals surface area contributed by atoms with Crippen LogP contribution < -0.4 is 5.32 Å². The first-order valence-corrected chi connectivity index (χ1v) is 9.24. The van der Waals surface area contributed by atoms with Crippen molar-refractivity contribution in [2.75, 3.05) is 5.32 Å². The van der Waals surface area contributed by atoms with Crippen LogP contribution in [-0.2, 0) is 23.2 Å². The standard InChI is InChI=1S/C17H14Cl3N3.C2H2O4/c1-23-16(12-3-2-4-13(18)8-12)10-22-17(23)21-9-11-5-6-14(19)15(20)7-11;3-1(4)2(5)6/h2-8,10H,9H2,1H3,(H,21,22);(H,3,4)(H,5,6). The van der Waals surface area contributed by atoms with Crippen molar-refractivity contribution in [2.45, 2.75) is 6.54 Å². The van der Waals surface area contributed by atoms with E-state index in [4.69, 9.17) is 54.6 Å². The fourth-order valence-corrected chi connectivity index (χ4v) is 2.83. The van der Waals surface area contributed by atoms with E-state index in [0.717, 1.165) is 22.8 Å². The molecular weight excluding hydrogens is 441 g/mol. The second kappa shape index (κ2) is 10.2. The first-order valence-electron chi connectivity index (χ1n) is 8.10. The van der Waals surface area contributed by atoms with Crippen molar-refractivity contribution in [3.63, 3.8) is 0 Å². The molecule has 1 heterocycles. The third kappa shape index (κ3) is 6.39. The van der Waals surface area contributed by atoms with E-state index in [0.29, 0.717) is 21.6 Å². The quantitative estimate of drug-likeness (QED) is 0.486. The summed E-state index contributed by atoms with van der Waals surface area (Å²) in [6.07, 6.45) is 1.82. The Kier molecular flexibility index (Phi) is 7.90. The van der Waals surface area contributed by atoms with Crippen LogP contribution >= 0.6 is 34.8 Å². The van der Waals surface area contributed by atoms with Crippen LogP contribution in [0.5, 0.6) is 0 Å². The van der Waals surface area contributed by atoms with E-state index in [1.807, 2.05) is 54.2 Å². The number of hydrogen-bond acceptors (Lipinski definition) is 4. The maximum atomic E-state index is 9.10. The molecule has 0 amide bonds. The molecule has 0 unspecified atom stereocenters. The Morgan fingerprint density at radius 3 is 2.31 bits per heavy atom. The molecule has 0 fully saturated rings. The van der Waals surface area contributed by atoms with Crippen LogP contribution in [0.25, 0.3) is 11.3 Å². The van der Waals surface area contributed by atoms with Crippen LogP contribution in [0.15, 0.2) is 48.7 Å². The predicted octanol–water partition coefficient (Wildman–Crippen LogP) is 4.82. The number of hydrogen-bond donors (Lipinski definition) is 3. The molecule has 7 nitrogen and oxygen atoms in total. The summed E-state index contributed by atoms with van der Waals surface area (Å²) < 4.78 is 1.99. The Bertz CT molecular complexity index is 1030. The van der Waals surface area contributed by atoms with Crippen molar-refractivity contribution in [1.82, 2.24) is 9.55 Å². The minimum atomic E-state index is -1.82. The molecule has 0 saturated carbocycles. The zero-order chi connectivity index (χ0) is 21.6. The van der Waals surface area contributed by atoms with Gasteiger partial charge in [0, 0.05) is 24.2 Å². The smallest absolute Gasteiger partial charge is 0.414 e. The van der Waals surface area contributed by atoms with Gasteiger partial charge < -0.3 is 20.1 Å². The third-order valence-corrected chi connectivity index (χ3v) is 4.70. The lowest BCUT2D eigenvalue weighted by Crippen LogP contribution is -2.09. The van der Waals surface area contributed by atoms with Crippen molar-refractivity contribution >= 4 is 52.7 Å². The number of benzene rings is 2. The molecule has 10 heteroatoms. The zero-order valence-corrected chi connectivity index (χ0v) is 17.3. The third-order valence-electron chi connectivity index (χ3n) is 3.73. The number of carbonyl (C=O) groups is 2. The number of nitrogens with zero attached hydrogens (tertiary/aromatic N) is 2. The molecule has 3 rings (SSSR count). The summed E-state index contributed by atoms with van der Waals surface area (Å²) in [7, 11) is 1.96. The van der Waals surface area contributed by atoms with Gasteiger partial charge in [0.1, 0.15) is 0 Å². The van der Waals surface area contributed by atoms with Crippen LogP contribution in [0, 0.1) is 0 Å². The van der Waals surface area contributed by atoms with Crippen LogP contribution in [0.1, 0.15) is 5.56 Å². The summed E-state index contributed by atoms with van der Waals surface area (Å²) in [6, 6.07) is 13.3. The molecule has 29 heavy (non-hydrogen) atoms. The largest absolute Gasteiger partial charge is 0.473 e. The number of rotatable bonds is 4. The van der Waals surface area contributed by atoms with Crippen LogP contribution in [0.2, 0.25) is 15.1 Å². The average Bonchev–Trinajstić information content (AvgIpc) is 3.03. The van der Waals surface area contributed by atoms with E-state index in [-0.39, 0.29) is 0 Å². The number of carboxylic acid groups (broad SMARTS) is 2. The number of aromatic nitrogens is 2. The fraction of sp³-hybridized carbons (Fsp3) is 0.105. The van der Waals surface area contributed by atoms with E-state index in [2.05, 4.69) is 10.3 Å². The minimum absolute atomic E-state index is 0.547. The first-order chi connectivity index (χ1) is 13.7. The van der Waals surface area contributed by atoms with Crippen molar-refractivity contribution in [1.29, 1.82) is 0 Å². The second-order valence-corrected chi connectivity index (χ2v) is 7.00. The fourth-order valence-electron chi connectivity index (χ4n) is 2.32. The maximum Gasteiger partial charge on any atom is 0.414 e. The van der Waals surface area contributed by atoms with Gasteiger partial charge in [-0.05, 0) is 29.8 Å². The van der Waals surface area contributed by atoms with Gasteiger partial charge in [0.2, 0.25) is 5.95 Å². The normalized spacial score (nSPS) is 10.1. The van der Waals surface area contributed by atoms with Gasteiger partial charge >= 0.3 is 11.9 Å². The van der Waals surface area contributed by atoms with Crippen molar-refractivity contribution in [3.05, 3.63) is 69.3 Å². The Morgan fingerprint density at radius 2 is 1.72 bits per heavy atom. The molecule has 3 N–H and O–H groups in total. The molecule has 0 aliphatic rings. The Labute approximate surface area is 181 Å². The maximum absolute atomic E-state index is 9.10. The monoisotopic (exact) mass is 455 g/mol. The van der Waals surface area contributed by atoms with E-state index in [9.17, 15) is 0 Å². The van der Waals surface area contributed by atoms with Gasteiger partial charge in [0.25, 0.3) is 0 Å². The first kappa shape index (κ1) is 22.5. The van der Waals surface area contributed by atoms with Gasteiger partial charge in [-0.2, -0.15) is 0 Å². The van der Waals surface area contributed by atoms with Crippen LogP contribution in [0.4, 0.5) is 5.95 Å². The molecule has 0 saturated heterocycles. The summed E-state index contributed by atoms with van der Waals surface area (Å²) in [5, 5.41) is 19.9. The Hall–Kier alpha value is -2.74. The number of imidazole rings is 1. The van der Waals surface area contributed by atoms with Gasteiger partial charge in [0.05, 0.1) is 21.9 Å². The molecule has 152 valence electrons. The lowest BCUT2D eigenvalue weighted by atomic mass is 10.2. The van der Waals surface area contributed by atoms with Crippen molar-refractivity contribution < 1.29 is 19.8 Å². The van der Waals surface area contributed by atoms with Crippen LogP contribution in [0.3, 0.4) is 0 Å². The number of anilines is 1. The van der Waals surface area contributed by atoms with E-state index in [1.54, 1.807) is 6.07 Å². The summed E-state index contributed by atoms with van der Waals surface area (Å²) in [6.45, 7) is 0.608. The van der Waals surface area contributed by atoms with Gasteiger partial charge in [-0.3, -0.25) is 0 Å². The topological polar surface area (TPSA) is 104 Å². The predicted molar refractivity (Wildman–Crippen MR) is 113 cm³/mol. The summed E-state index contributed by atoms with van der Waals surface area (Å²) >= 11 is 18.0. The number of nitrogens with one attached hydrogen (secondary N) is 1. The molecule has 0 aliphatic heterocycles. The summed E-state index contributed by atoms with van der Waals surface area (Å²) in [4.78, 5) is 22.6. The highest BCUT2D eigenvalue weighted by Gasteiger charge is 2.09. The molecule has 1 aromatic heterocycles.